The van der Waals surface area contributed by atoms with Gasteiger partial charge >= 0.3 is 0 Å². The molecule has 1 aliphatic rings. The Morgan fingerprint density at radius 2 is 1.67 bits per heavy atom. The van der Waals surface area contributed by atoms with E-state index in [2.05, 4.69) is 42.1 Å². The molecule has 1 aliphatic heterocycles. The highest BCUT2D eigenvalue weighted by atomic mass is 16.2. The van der Waals surface area contributed by atoms with Crippen molar-refractivity contribution < 1.29 is 9.59 Å². The van der Waals surface area contributed by atoms with Crippen molar-refractivity contribution in [1.82, 2.24) is 4.90 Å². The van der Waals surface area contributed by atoms with E-state index in [1.807, 2.05) is 36.4 Å². The fourth-order valence-corrected chi connectivity index (χ4v) is 3.88. The monoisotopic (exact) mass is 407 g/mol. The highest BCUT2D eigenvalue weighted by Gasteiger charge is 2.16. The van der Waals surface area contributed by atoms with Gasteiger partial charge < -0.3 is 15.1 Å². The number of carbonyl (C=O) groups is 2. The maximum Gasteiger partial charge on any atom is 0.224 e. The van der Waals surface area contributed by atoms with Crippen LogP contribution in [0, 0.1) is 6.92 Å². The zero-order chi connectivity index (χ0) is 21.5. The molecule has 0 saturated carbocycles. The van der Waals surface area contributed by atoms with Crippen LogP contribution in [0.2, 0.25) is 0 Å². The molecular formula is C25H33N3O2. The molecule has 0 aliphatic carbocycles. The minimum atomic E-state index is -0.127. The number of ketones is 1. The summed E-state index contributed by atoms with van der Waals surface area (Å²) in [5.74, 6) is -0.118. The Morgan fingerprint density at radius 3 is 2.30 bits per heavy atom. The molecule has 30 heavy (non-hydrogen) atoms. The number of nitrogens with zero attached hydrogens (tertiary/aromatic N) is 2. The summed E-state index contributed by atoms with van der Waals surface area (Å²) in [7, 11) is 2.15. The zero-order valence-corrected chi connectivity index (χ0v) is 18.4. The predicted octanol–water partition coefficient (Wildman–Crippen LogP) is 4.30. The number of carbonyl (C=O) groups excluding carboxylic acids is 2. The van der Waals surface area contributed by atoms with Crippen LogP contribution in [0.1, 0.15) is 47.7 Å². The molecule has 5 heteroatoms. The fraction of sp³-hybridized carbons (Fsp3) is 0.440. The number of aryl methyl sites for hydroxylation is 2. The number of rotatable bonds is 8. The number of anilines is 2. The van der Waals surface area contributed by atoms with Gasteiger partial charge in [-0.15, -0.1) is 0 Å². The van der Waals surface area contributed by atoms with Gasteiger partial charge in [-0.05, 0) is 49.7 Å². The van der Waals surface area contributed by atoms with E-state index in [1.54, 1.807) is 0 Å². The quantitative estimate of drug-likeness (QED) is 0.663. The standard InChI is InChI=1S/C25H33N3O2/c1-4-5-20-6-8-21(9-7-20)24(29)12-13-25(30)26-22-10-11-23(19(2)18-22)28-16-14-27(3)15-17-28/h6-11,18H,4-5,12-17H2,1-3H3,(H,26,30). The molecule has 2 aromatic carbocycles. The summed E-state index contributed by atoms with van der Waals surface area (Å²) < 4.78 is 0. The van der Waals surface area contributed by atoms with E-state index in [4.69, 9.17) is 0 Å². The highest BCUT2D eigenvalue weighted by molar-refractivity contribution is 6.00. The van der Waals surface area contributed by atoms with Crippen LogP contribution < -0.4 is 10.2 Å². The van der Waals surface area contributed by atoms with Crippen LogP contribution in [0.5, 0.6) is 0 Å². The summed E-state index contributed by atoms with van der Waals surface area (Å²) in [5, 5.41) is 2.93. The maximum atomic E-state index is 12.4. The van der Waals surface area contributed by atoms with Gasteiger partial charge in [0.15, 0.2) is 5.78 Å². The summed E-state index contributed by atoms with van der Waals surface area (Å²) in [5.41, 5.74) is 5.08. The third-order valence-electron chi connectivity index (χ3n) is 5.72. The lowest BCUT2D eigenvalue weighted by atomic mass is 10.0. The SMILES string of the molecule is CCCc1ccc(C(=O)CCC(=O)Nc2ccc(N3CCN(C)CC3)c(C)c2)cc1. The topological polar surface area (TPSA) is 52.7 Å². The van der Waals surface area contributed by atoms with Gasteiger partial charge in [0, 0.05) is 56.0 Å². The Kier molecular flexibility index (Phi) is 7.63. The average molecular weight is 408 g/mol. The van der Waals surface area contributed by atoms with Gasteiger partial charge in [0.25, 0.3) is 0 Å². The van der Waals surface area contributed by atoms with E-state index < -0.39 is 0 Å². The molecule has 0 radical (unpaired) electrons. The molecule has 0 unspecified atom stereocenters. The second kappa shape index (κ2) is 10.4. The molecule has 160 valence electrons. The summed E-state index contributed by atoms with van der Waals surface area (Å²) >= 11 is 0. The number of likely N-dealkylation sites (N-methyl/N-ethyl adjacent to an activating group) is 1. The Balaban J connectivity index is 1.50. The van der Waals surface area contributed by atoms with Gasteiger partial charge in [-0.1, -0.05) is 37.6 Å². The molecule has 0 aromatic heterocycles. The minimum Gasteiger partial charge on any atom is -0.369 e. The molecule has 2 aromatic rings. The van der Waals surface area contributed by atoms with Crippen molar-refractivity contribution >= 4 is 23.1 Å². The number of benzene rings is 2. The largest absolute Gasteiger partial charge is 0.369 e. The van der Waals surface area contributed by atoms with E-state index in [0.717, 1.165) is 50.3 Å². The molecule has 1 amide bonds. The smallest absolute Gasteiger partial charge is 0.224 e. The zero-order valence-electron chi connectivity index (χ0n) is 18.4. The minimum absolute atomic E-state index is 0.00907. The molecule has 5 nitrogen and oxygen atoms in total. The summed E-state index contributed by atoms with van der Waals surface area (Å²) in [6.07, 6.45) is 2.51. The molecule has 3 rings (SSSR count). The molecule has 1 heterocycles. The summed E-state index contributed by atoms with van der Waals surface area (Å²) in [6.45, 7) is 8.38. The van der Waals surface area contributed by atoms with E-state index in [0.29, 0.717) is 5.56 Å². The lowest BCUT2D eigenvalue weighted by molar-refractivity contribution is -0.116. The van der Waals surface area contributed by atoms with Crippen LogP contribution >= 0.6 is 0 Å². The Bertz CT molecular complexity index is 868. The van der Waals surface area contributed by atoms with Crippen molar-refractivity contribution in [3.8, 4) is 0 Å². The first-order chi connectivity index (χ1) is 14.5. The van der Waals surface area contributed by atoms with Gasteiger partial charge in [-0.3, -0.25) is 9.59 Å². The van der Waals surface area contributed by atoms with Crippen molar-refractivity contribution in [2.75, 3.05) is 43.4 Å². The second-order valence-electron chi connectivity index (χ2n) is 8.21. The van der Waals surface area contributed by atoms with E-state index in [-0.39, 0.29) is 24.5 Å². The molecule has 0 atom stereocenters. The third kappa shape index (κ3) is 5.92. The maximum absolute atomic E-state index is 12.4. The van der Waals surface area contributed by atoms with Crippen molar-refractivity contribution in [2.24, 2.45) is 0 Å². The number of hydrogen-bond donors (Lipinski definition) is 1. The average Bonchev–Trinajstić information content (AvgIpc) is 2.74. The van der Waals surface area contributed by atoms with Crippen LogP contribution in [-0.2, 0) is 11.2 Å². The van der Waals surface area contributed by atoms with E-state index in [9.17, 15) is 9.59 Å². The van der Waals surface area contributed by atoms with Gasteiger partial charge in [-0.25, -0.2) is 0 Å². The van der Waals surface area contributed by atoms with Gasteiger partial charge in [-0.2, -0.15) is 0 Å². The normalized spacial score (nSPS) is 14.6. The van der Waals surface area contributed by atoms with Crippen molar-refractivity contribution in [2.45, 2.75) is 39.5 Å². The van der Waals surface area contributed by atoms with Crippen molar-refractivity contribution in [3.63, 3.8) is 0 Å². The molecule has 1 N–H and O–H groups in total. The van der Waals surface area contributed by atoms with Crippen LogP contribution in [0.25, 0.3) is 0 Å². The lowest BCUT2D eigenvalue weighted by Crippen LogP contribution is -2.44. The third-order valence-corrected chi connectivity index (χ3v) is 5.72. The highest BCUT2D eigenvalue weighted by Crippen LogP contribution is 2.25. The van der Waals surface area contributed by atoms with Crippen LogP contribution in [-0.4, -0.2) is 49.8 Å². The van der Waals surface area contributed by atoms with Crippen LogP contribution in [0.3, 0.4) is 0 Å². The molecule has 0 spiro atoms. The first kappa shape index (κ1) is 22.0. The molecule has 0 bridgehead atoms. The van der Waals surface area contributed by atoms with Crippen molar-refractivity contribution in [3.05, 3.63) is 59.2 Å². The van der Waals surface area contributed by atoms with E-state index in [1.165, 1.54) is 11.3 Å². The summed E-state index contributed by atoms with van der Waals surface area (Å²) in [4.78, 5) is 29.4. The molecular weight excluding hydrogens is 374 g/mol. The molecule has 1 saturated heterocycles. The number of nitrogens with one attached hydrogen (secondary N) is 1. The lowest BCUT2D eigenvalue weighted by Gasteiger charge is -2.35. The Hall–Kier alpha value is -2.66. The molecule has 1 fully saturated rings. The Morgan fingerprint density at radius 1 is 0.967 bits per heavy atom. The Labute approximate surface area is 180 Å². The van der Waals surface area contributed by atoms with Gasteiger partial charge in [0.05, 0.1) is 0 Å². The summed E-state index contributed by atoms with van der Waals surface area (Å²) in [6, 6.07) is 13.8. The first-order valence-electron chi connectivity index (χ1n) is 10.9. The van der Waals surface area contributed by atoms with Crippen LogP contribution in [0.4, 0.5) is 11.4 Å². The van der Waals surface area contributed by atoms with Crippen molar-refractivity contribution in [1.29, 1.82) is 0 Å². The van der Waals surface area contributed by atoms with Crippen LogP contribution in [0.15, 0.2) is 42.5 Å². The number of piperazine rings is 1. The van der Waals surface area contributed by atoms with Gasteiger partial charge in [0.1, 0.15) is 0 Å². The second-order valence-corrected chi connectivity index (χ2v) is 8.21. The van der Waals surface area contributed by atoms with Gasteiger partial charge in [0.2, 0.25) is 5.91 Å². The number of Topliss-reactive ketones (excluding diaryl/α,β-unsaturated/α-hetero) is 1. The predicted molar refractivity (Wildman–Crippen MR) is 124 cm³/mol. The first-order valence-corrected chi connectivity index (χ1v) is 10.9. The van der Waals surface area contributed by atoms with E-state index >= 15 is 0 Å². The number of hydrogen-bond acceptors (Lipinski definition) is 4. The fourth-order valence-electron chi connectivity index (χ4n) is 3.88. The number of amides is 1.